The topological polar surface area (TPSA) is 61.4 Å². The van der Waals surface area contributed by atoms with Gasteiger partial charge in [0.05, 0.1) is 5.56 Å². The van der Waals surface area contributed by atoms with Crippen LogP contribution in [-0.2, 0) is 11.2 Å². The van der Waals surface area contributed by atoms with Gasteiger partial charge in [0.2, 0.25) is 5.91 Å². The van der Waals surface area contributed by atoms with Crippen LogP contribution in [0.5, 0.6) is 0 Å². The zero-order chi connectivity index (χ0) is 21.3. The van der Waals surface area contributed by atoms with E-state index in [-0.39, 0.29) is 24.4 Å². The maximum atomic E-state index is 13.3. The van der Waals surface area contributed by atoms with Gasteiger partial charge in [-0.1, -0.05) is 12.1 Å². The van der Waals surface area contributed by atoms with Gasteiger partial charge in [0, 0.05) is 54.3 Å². The average molecular weight is 494 g/mol. The Kier molecular flexibility index (Phi) is 8.72. The number of hydrogen-bond acceptors (Lipinski definition) is 4. The summed E-state index contributed by atoms with van der Waals surface area (Å²) < 4.78 is 13.8. The first-order valence-electron chi connectivity index (χ1n) is 9.93. The van der Waals surface area contributed by atoms with Crippen LogP contribution < -0.4 is 10.6 Å². The molecule has 0 bridgehead atoms. The van der Waals surface area contributed by atoms with Crippen LogP contribution in [-0.4, -0.2) is 54.4 Å². The van der Waals surface area contributed by atoms with Crippen LogP contribution in [0.4, 0.5) is 10.1 Å². The van der Waals surface area contributed by atoms with Crippen molar-refractivity contribution in [3.8, 4) is 0 Å². The molecule has 2 aromatic carbocycles. The summed E-state index contributed by atoms with van der Waals surface area (Å²) in [6, 6.07) is 11.8. The van der Waals surface area contributed by atoms with E-state index in [0.717, 1.165) is 37.8 Å². The molecule has 2 N–H and O–H groups in total. The summed E-state index contributed by atoms with van der Waals surface area (Å²) in [5.41, 5.74) is 2.19. The Bertz CT molecular complexity index is 873. The molecule has 0 atom stereocenters. The third-order valence-electron chi connectivity index (χ3n) is 4.87. The number of rotatable bonds is 8. The SMILES string of the molecule is O=C(CCNC(=O)c1cc(F)ccc1Br)Nc1ccc(CCN2CCSCC2)cc1. The minimum Gasteiger partial charge on any atom is -0.351 e. The molecule has 5 nitrogen and oxygen atoms in total. The number of amides is 2. The van der Waals surface area contributed by atoms with Gasteiger partial charge in [-0.05, 0) is 58.2 Å². The molecule has 1 fully saturated rings. The highest BCUT2D eigenvalue weighted by Gasteiger charge is 2.12. The van der Waals surface area contributed by atoms with Gasteiger partial charge in [-0.25, -0.2) is 4.39 Å². The second-order valence-electron chi connectivity index (χ2n) is 7.08. The van der Waals surface area contributed by atoms with Gasteiger partial charge < -0.3 is 15.5 Å². The van der Waals surface area contributed by atoms with E-state index in [1.165, 1.54) is 29.2 Å². The lowest BCUT2D eigenvalue weighted by Gasteiger charge is -2.26. The van der Waals surface area contributed by atoms with Gasteiger partial charge in [-0.2, -0.15) is 11.8 Å². The minimum atomic E-state index is -0.487. The van der Waals surface area contributed by atoms with Crippen molar-refractivity contribution in [2.24, 2.45) is 0 Å². The van der Waals surface area contributed by atoms with Crippen LogP contribution in [0, 0.1) is 5.82 Å². The number of thioether (sulfide) groups is 1. The second kappa shape index (κ2) is 11.5. The van der Waals surface area contributed by atoms with E-state index in [4.69, 9.17) is 0 Å². The molecule has 30 heavy (non-hydrogen) atoms. The van der Waals surface area contributed by atoms with E-state index in [9.17, 15) is 14.0 Å². The predicted molar refractivity (Wildman–Crippen MR) is 124 cm³/mol. The number of halogens is 2. The number of carbonyl (C=O) groups is 2. The molecule has 1 heterocycles. The van der Waals surface area contributed by atoms with E-state index >= 15 is 0 Å². The number of nitrogens with zero attached hydrogens (tertiary/aromatic N) is 1. The van der Waals surface area contributed by atoms with E-state index in [0.29, 0.717) is 4.47 Å². The van der Waals surface area contributed by atoms with Crippen molar-refractivity contribution < 1.29 is 14.0 Å². The second-order valence-corrected chi connectivity index (χ2v) is 9.16. The fourth-order valence-corrected chi connectivity index (χ4v) is 4.55. The van der Waals surface area contributed by atoms with Crippen molar-refractivity contribution >= 4 is 45.2 Å². The van der Waals surface area contributed by atoms with Crippen molar-refractivity contribution in [1.29, 1.82) is 0 Å². The Hall–Kier alpha value is -1.90. The van der Waals surface area contributed by atoms with Crippen LogP contribution in [0.3, 0.4) is 0 Å². The molecule has 0 unspecified atom stereocenters. The molecule has 3 rings (SSSR count). The van der Waals surface area contributed by atoms with Crippen molar-refractivity contribution in [2.75, 3.05) is 43.0 Å². The number of benzene rings is 2. The largest absolute Gasteiger partial charge is 0.351 e. The Balaban J connectivity index is 1.39. The molecule has 2 aromatic rings. The molecule has 8 heteroatoms. The average Bonchev–Trinajstić information content (AvgIpc) is 2.75. The zero-order valence-electron chi connectivity index (χ0n) is 16.6. The van der Waals surface area contributed by atoms with E-state index in [1.807, 2.05) is 36.0 Å². The highest BCUT2D eigenvalue weighted by atomic mass is 79.9. The smallest absolute Gasteiger partial charge is 0.252 e. The lowest BCUT2D eigenvalue weighted by Crippen LogP contribution is -2.34. The van der Waals surface area contributed by atoms with Crippen LogP contribution in [0.1, 0.15) is 22.3 Å². The first-order chi connectivity index (χ1) is 14.5. The van der Waals surface area contributed by atoms with Crippen molar-refractivity contribution in [3.63, 3.8) is 0 Å². The highest BCUT2D eigenvalue weighted by Crippen LogP contribution is 2.17. The Morgan fingerprint density at radius 1 is 1.10 bits per heavy atom. The molecular weight excluding hydrogens is 469 g/mol. The van der Waals surface area contributed by atoms with Gasteiger partial charge in [-0.3, -0.25) is 9.59 Å². The molecule has 2 amide bonds. The van der Waals surface area contributed by atoms with E-state index < -0.39 is 11.7 Å². The molecule has 160 valence electrons. The Labute approximate surface area is 188 Å². The van der Waals surface area contributed by atoms with Crippen LogP contribution >= 0.6 is 27.7 Å². The number of hydrogen-bond donors (Lipinski definition) is 2. The van der Waals surface area contributed by atoms with Crippen LogP contribution in [0.2, 0.25) is 0 Å². The molecule has 0 aromatic heterocycles. The zero-order valence-corrected chi connectivity index (χ0v) is 19.0. The minimum absolute atomic E-state index is 0.132. The number of carbonyl (C=O) groups excluding carboxylic acids is 2. The summed E-state index contributed by atoms with van der Waals surface area (Å²) in [4.78, 5) is 26.7. The van der Waals surface area contributed by atoms with Gasteiger partial charge in [0.1, 0.15) is 5.82 Å². The Morgan fingerprint density at radius 2 is 1.83 bits per heavy atom. The maximum Gasteiger partial charge on any atom is 0.252 e. The van der Waals surface area contributed by atoms with Crippen LogP contribution in [0.15, 0.2) is 46.9 Å². The van der Waals surface area contributed by atoms with Gasteiger partial charge in [-0.15, -0.1) is 0 Å². The fraction of sp³-hybridized carbons (Fsp3) is 0.364. The summed E-state index contributed by atoms with van der Waals surface area (Å²) in [6.07, 6.45) is 1.13. The quantitative estimate of drug-likeness (QED) is 0.584. The molecule has 0 aliphatic carbocycles. The monoisotopic (exact) mass is 493 g/mol. The fourth-order valence-electron chi connectivity index (χ4n) is 3.15. The normalized spacial score (nSPS) is 14.3. The number of nitrogens with one attached hydrogen (secondary N) is 2. The molecular formula is C22H25BrFN3O2S. The summed E-state index contributed by atoms with van der Waals surface area (Å²) in [6.45, 7) is 3.55. The molecule has 0 saturated carbocycles. The standard InChI is InChI=1S/C22H25BrFN3O2S/c23-20-6-3-17(24)15-19(20)22(29)25-9-7-21(28)26-18-4-1-16(2-5-18)8-10-27-11-13-30-14-12-27/h1-6,15H,7-14H2,(H,25,29)(H,26,28). The summed E-state index contributed by atoms with van der Waals surface area (Å²) in [5.74, 6) is 1.33. The molecule has 0 radical (unpaired) electrons. The van der Waals surface area contributed by atoms with Crippen molar-refractivity contribution in [2.45, 2.75) is 12.8 Å². The first-order valence-corrected chi connectivity index (χ1v) is 11.9. The predicted octanol–water partition coefficient (Wildman–Crippen LogP) is 3.94. The van der Waals surface area contributed by atoms with Gasteiger partial charge >= 0.3 is 0 Å². The summed E-state index contributed by atoms with van der Waals surface area (Å²) >= 11 is 5.24. The van der Waals surface area contributed by atoms with E-state index in [1.54, 1.807) is 0 Å². The third-order valence-corrected chi connectivity index (χ3v) is 6.50. The van der Waals surface area contributed by atoms with Crippen molar-refractivity contribution in [1.82, 2.24) is 10.2 Å². The highest BCUT2D eigenvalue weighted by molar-refractivity contribution is 9.10. The lowest BCUT2D eigenvalue weighted by molar-refractivity contribution is -0.116. The van der Waals surface area contributed by atoms with E-state index in [2.05, 4.69) is 31.5 Å². The first kappa shape index (κ1) is 22.8. The lowest BCUT2D eigenvalue weighted by atomic mass is 10.1. The summed E-state index contributed by atoms with van der Waals surface area (Å²) in [5, 5.41) is 5.47. The van der Waals surface area contributed by atoms with Gasteiger partial charge in [0.15, 0.2) is 0 Å². The molecule has 1 aliphatic heterocycles. The van der Waals surface area contributed by atoms with Crippen LogP contribution in [0.25, 0.3) is 0 Å². The molecule has 1 saturated heterocycles. The maximum absolute atomic E-state index is 13.3. The van der Waals surface area contributed by atoms with Gasteiger partial charge in [0.25, 0.3) is 5.91 Å². The van der Waals surface area contributed by atoms with Crippen molar-refractivity contribution in [3.05, 3.63) is 63.9 Å². The third kappa shape index (κ3) is 7.11. The summed E-state index contributed by atoms with van der Waals surface area (Å²) in [7, 11) is 0. The Morgan fingerprint density at radius 3 is 2.57 bits per heavy atom. The molecule has 1 aliphatic rings. The number of anilines is 1. The molecule has 0 spiro atoms.